The maximum Gasteiger partial charge on any atom is 0.307 e. The molecule has 86 valence electrons. The summed E-state index contributed by atoms with van der Waals surface area (Å²) in [5.74, 6) is 0.263. The van der Waals surface area contributed by atoms with Gasteiger partial charge in [-0.25, -0.2) is 0 Å². The zero-order valence-electron chi connectivity index (χ0n) is 8.83. The third kappa shape index (κ3) is 2.26. The molecular weight excluding hydrogens is 210 g/mol. The van der Waals surface area contributed by atoms with Crippen molar-refractivity contribution in [3.8, 4) is 0 Å². The highest BCUT2D eigenvalue weighted by molar-refractivity contribution is 5.80. The number of ketones is 1. The molecule has 1 aromatic rings. The number of rotatable bonds is 4. The summed E-state index contributed by atoms with van der Waals surface area (Å²) in [5, 5.41) is 14.2. The maximum absolute atomic E-state index is 11.8. The van der Waals surface area contributed by atoms with Gasteiger partial charge in [-0.15, -0.1) is 0 Å². The molecule has 0 N–H and O–H groups in total. The Morgan fingerprint density at radius 3 is 2.81 bits per heavy atom. The molecule has 0 saturated heterocycles. The molecule has 0 atom stereocenters. The second-order valence-electron chi connectivity index (χ2n) is 4.10. The lowest BCUT2D eigenvalue weighted by Crippen LogP contribution is -2.18. The summed E-state index contributed by atoms with van der Waals surface area (Å²) >= 11 is 0. The van der Waals surface area contributed by atoms with Crippen molar-refractivity contribution in [1.82, 2.24) is 9.78 Å². The number of nitrogens with zero attached hydrogens (tertiary/aromatic N) is 3. The fourth-order valence-electron chi connectivity index (χ4n) is 2.07. The van der Waals surface area contributed by atoms with Crippen LogP contribution in [0.25, 0.3) is 0 Å². The standard InChI is InChI=1S/C10H13N3O3/c14-10(8-3-1-2-4-8)7-12-6-9(5-11-12)13(15)16/h5-6,8H,1-4,7H2. The second kappa shape index (κ2) is 4.42. The summed E-state index contributed by atoms with van der Waals surface area (Å²) in [4.78, 5) is 21.7. The van der Waals surface area contributed by atoms with E-state index in [2.05, 4.69) is 5.10 Å². The summed E-state index contributed by atoms with van der Waals surface area (Å²) in [7, 11) is 0. The Bertz CT molecular complexity index is 407. The first-order chi connectivity index (χ1) is 7.66. The quantitative estimate of drug-likeness (QED) is 0.573. The highest BCUT2D eigenvalue weighted by atomic mass is 16.6. The molecule has 1 aliphatic carbocycles. The van der Waals surface area contributed by atoms with Crippen molar-refractivity contribution in [2.45, 2.75) is 32.2 Å². The van der Waals surface area contributed by atoms with Gasteiger partial charge in [-0.2, -0.15) is 5.10 Å². The molecule has 6 heteroatoms. The molecule has 1 fully saturated rings. The predicted molar refractivity (Wildman–Crippen MR) is 55.8 cm³/mol. The Kier molecular flexibility index (Phi) is 2.98. The summed E-state index contributed by atoms with van der Waals surface area (Å²) in [6, 6.07) is 0. The zero-order valence-corrected chi connectivity index (χ0v) is 8.83. The van der Waals surface area contributed by atoms with Crippen LogP contribution in [0.4, 0.5) is 5.69 Å². The van der Waals surface area contributed by atoms with E-state index in [4.69, 9.17) is 0 Å². The molecule has 2 rings (SSSR count). The first kappa shape index (κ1) is 10.8. The van der Waals surface area contributed by atoms with Crippen molar-refractivity contribution in [3.05, 3.63) is 22.5 Å². The number of aromatic nitrogens is 2. The molecule has 0 spiro atoms. The van der Waals surface area contributed by atoms with E-state index in [0.29, 0.717) is 0 Å². The number of hydrogen-bond acceptors (Lipinski definition) is 4. The average Bonchev–Trinajstić information content (AvgIpc) is 2.87. The van der Waals surface area contributed by atoms with Crippen LogP contribution < -0.4 is 0 Å². The third-order valence-electron chi connectivity index (χ3n) is 2.96. The van der Waals surface area contributed by atoms with Crippen LogP contribution in [0.5, 0.6) is 0 Å². The van der Waals surface area contributed by atoms with Gasteiger partial charge in [0.15, 0.2) is 5.78 Å². The van der Waals surface area contributed by atoms with E-state index < -0.39 is 4.92 Å². The van der Waals surface area contributed by atoms with E-state index in [1.165, 1.54) is 17.1 Å². The molecule has 1 aliphatic rings. The number of nitro groups is 1. The number of carbonyl (C=O) groups excluding carboxylic acids is 1. The molecule has 1 heterocycles. The molecule has 0 radical (unpaired) electrons. The van der Waals surface area contributed by atoms with E-state index in [-0.39, 0.29) is 23.9 Å². The molecule has 1 aromatic heterocycles. The Balaban J connectivity index is 1.97. The van der Waals surface area contributed by atoms with Gasteiger partial charge in [0.25, 0.3) is 0 Å². The normalized spacial score (nSPS) is 16.5. The van der Waals surface area contributed by atoms with Gasteiger partial charge in [-0.1, -0.05) is 12.8 Å². The first-order valence-corrected chi connectivity index (χ1v) is 5.36. The SMILES string of the molecule is O=C(Cn1cc([N+](=O)[O-])cn1)C1CCCC1. The van der Waals surface area contributed by atoms with Gasteiger partial charge >= 0.3 is 5.69 Å². The van der Waals surface area contributed by atoms with Crippen LogP contribution in [-0.2, 0) is 11.3 Å². The third-order valence-corrected chi connectivity index (χ3v) is 2.96. The van der Waals surface area contributed by atoms with Gasteiger partial charge in [0.05, 0.1) is 4.92 Å². The molecule has 0 aromatic carbocycles. The number of hydrogen-bond donors (Lipinski definition) is 0. The molecule has 6 nitrogen and oxygen atoms in total. The van der Waals surface area contributed by atoms with Gasteiger partial charge in [0.1, 0.15) is 18.9 Å². The Labute approximate surface area is 92.4 Å². The Hall–Kier alpha value is -1.72. The number of Topliss-reactive ketones (excluding diaryl/α,β-unsaturated/α-hetero) is 1. The average molecular weight is 223 g/mol. The van der Waals surface area contributed by atoms with Crippen LogP contribution in [-0.4, -0.2) is 20.5 Å². The minimum atomic E-state index is -0.510. The van der Waals surface area contributed by atoms with Crippen molar-refractivity contribution in [1.29, 1.82) is 0 Å². The highest BCUT2D eigenvalue weighted by Crippen LogP contribution is 2.25. The largest absolute Gasteiger partial charge is 0.307 e. The first-order valence-electron chi connectivity index (χ1n) is 5.36. The molecule has 0 amide bonds. The van der Waals surface area contributed by atoms with Crippen molar-refractivity contribution in [2.75, 3.05) is 0 Å². The fraction of sp³-hybridized carbons (Fsp3) is 0.600. The van der Waals surface area contributed by atoms with Crippen molar-refractivity contribution < 1.29 is 9.72 Å². The van der Waals surface area contributed by atoms with Gasteiger partial charge in [-0.3, -0.25) is 19.6 Å². The molecular formula is C10H13N3O3. The van der Waals surface area contributed by atoms with Crippen LogP contribution in [0.2, 0.25) is 0 Å². The fourth-order valence-corrected chi connectivity index (χ4v) is 2.07. The van der Waals surface area contributed by atoms with Gasteiger partial charge in [-0.05, 0) is 12.8 Å². The minimum absolute atomic E-state index is 0.0702. The molecule has 0 bridgehead atoms. The van der Waals surface area contributed by atoms with E-state index in [1.807, 2.05) is 0 Å². The van der Waals surface area contributed by atoms with Crippen molar-refractivity contribution >= 4 is 11.5 Å². The van der Waals surface area contributed by atoms with E-state index in [0.717, 1.165) is 25.7 Å². The zero-order chi connectivity index (χ0) is 11.5. The van der Waals surface area contributed by atoms with Crippen LogP contribution in [0.15, 0.2) is 12.4 Å². The second-order valence-corrected chi connectivity index (χ2v) is 4.10. The summed E-state index contributed by atoms with van der Waals surface area (Å²) in [6.07, 6.45) is 6.57. The van der Waals surface area contributed by atoms with Crippen LogP contribution in [0, 0.1) is 16.0 Å². The summed E-state index contributed by atoms with van der Waals surface area (Å²) in [5.41, 5.74) is -0.0702. The van der Waals surface area contributed by atoms with Gasteiger partial charge in [0, 0.05) is 5.92 Å². The Morgan fingerprint density at radius 2 is 2.25 bits per heavy atom. The van der Waals surface area contributed by atoms with Crippen LogP contribution in [0.3, 0.4) is 0 Å². The van der Waals surface area contributed by atoms with E-state index in [1.54, 1.807) is 0 Å². The van der Waals surface area contributed by atoms with Crippen molar-refractivity contribution in [3.63, 3.8) is 0 Å². The lowest BCUT2D eigenvalue weighted by atomic mass is 10.0. The summed E-state index contributed by atoms with van der Waals surface area (Å²) < 4.78 is 1.35. The van der Waals surface area contributed by atoms with Crippen LogP contribution >= 0.6 is 0 Å². The van der Waals surface area contributed by atoms with Crippen molar-refractivity contribution in [2.24, 2.45) is 5.92 Å². The van der Waals surface area contributed by atoms with Gasteiger partial charge in [0.2, 0.25) is 0 Å². The lowest BCUT2D eigenvalue weighted by Gasteiger charge is -2.06. The van der Waals surface area contributed by atoms with E-state index in [9.17, 15) is 14.9 Å². The van der Waals surface area contributed by atoms with Crippen LogP contribution in [0.1, 0.15) is 25.7 Å². The van der Waals surface area contributed by atoms with E-state index >= 15 is 0 Å². The smallest absolute Gasteiger partial charge is 0.297 e. The predicted octanol–water partition coefficient (Wildman–Crippen LogP) is 1.55. The number of carbonyl (C=O) groups is 1. The Morgan fingerprint density at radius 1 is 1.56 bits per heavy atom. The highest BCUT2D eigenvalue weighted by Gasteiger charge is 2.23. The summed E-state index contributed by atoms with van der Waals surface area (Å²) in [6.45, 7) is 0.151. The maximum atomic E-state index is 11.8. The molecule has 0 unspecified atom stereocenters. The topological polar surface area (TPSA) is 78.0 Å². The minimum Gasteiger partial charge on any atom is -0.297 e. The molecule has 1 saturated carbocycles. The van der Waals surface area contributed by atoms with Gasteiger partial charge < -0.3 is 0 Å². The molecule has 16 heavy (non-hydrogen) atoms. The molecule has 0 aliphatic heterocycles. The monoisotopic (exact) mass is 223 g/mol. The lowest BCUT2D eigenvalue weighted by molar-refractivity contribution is -0.385.